The first kappa shape index (κ1) is 97.9. The zero-order valence-corrected chi connectivity index (χ0v) is 65.6. The summed E-state index contributed by atoms with van der Waals surface area (Å²) in [6.07, 6.45) is 91.7. The van der Waals surface area contributed by atoms with Crippen molar-refractivity contribution in [3.05, 3.63) is 194 Å². The standard InChI is InChI=1S/C85H134O17P2/c1-5-9-13-17-21-25-29-33-36-38-39-41-44-47-50-54-58-62-66-70-83(88)96-76-81(102-85(90)72-68-64-60-56-52-48-42-35-31-27-23-19-15-11-7-3)78-100-104(93,94)98-74-79(86)73-97-103(91,92)99-77-80(101-84(89)71-67-63-59-55-51-45-32-28-24-20-16-12-8-4)75-95-82(87)69-65-61-57-53-49-46-43-40-37-34-30-26-22-18-14-10-6-2/h9-11,13-16,20-23,25-28,32-37,39,41-43,46,52-53,56-57,64,68,79-81,86H,5-8,12,17-19,24,29-31,38,40,44-45,47-51,54-55,58-63,65-67,69-78H2,1-4H3,(H,91,92)(H,93,94)/b13-9-,14-10-,15-11-,20-16-,25-21-,26-22-,27-23-,32-28-,36-33-,37-34-,41-39-,42-35-,46-43-,56-52-,57-53-,68-64-. The van der Waals surface area contributed by atoms with E-state index < -0.39 is 97.5 Å². The lowest BCUT2D eigenvalue weighted by atomic mass is 10.1. The second-order valence-corrected chi connectivity index (χ2v) is 27.7. The SMILES string of the molecule is CC/C=C\C/C=C\C/C=C\C/C=C\C/C=C\CCCC(=O)OCC(COP(=O)(O)OCC(O)COP(=O)(O)OCC(COC(=O)CCCCCCCC/C=C\C/C=C\C/C=C\C/C=C\CC)OC(=O)C/C=C\C/C=C\C/C=C\C/C=C\C/C=C\CC)OC(=O)CCCCCCC/C=C\C/C=C\CCC. The molecular weight excluding hydrogens is 1350 g/mol. The first-order valence-corrected chi connectivity index (χ1v) is 41.7. The average Bonchev–Trinajstić information content (AvgIpc) is 0.918. The Hall–Kier alpha value is -6.10. The Morgan fingerprint density at radius 3 is 0.894 bits per heavy atom. The topological polar surface area (TPSA) is 237 Å². The number of unbranched alkanes of at least 4 members (excludes halogenated alkanes) is 13. The van der Waals surface area contributed by atoms with Crippen molar-refractivity contribution >= 4 is 39.5 Å². The number of carbonyl (C=O) groups excluding carboxylic acids is 4. The van der Waals surface area contributed by atoms with Crippen molar-refractivity contribution in [2.45, 2.75) is 277 Å². The molecule has 0 aliphatic rings. The molecule has 5 atom stereocenters. The highest BCUT2D eigenvalue weighted by Gasteiger charge is 2.30. The summed E-state index contributed by atoms with van der Waals surface area (Å²) in [6, 6.07) is 0. The number of phosphoric ester groups is 2. The van der Waals surface area contributed by atoms with E-state index in [-0.39, 0.29) is 25.7 Å². The molecule has 0 fully saturated rings. The third-order valence-electron chi connectivity index (χ3n) is 15.0. The maximum absolute atomic E-state index is 13.1. The number of ether oxygens (including phenoxy) is 4. The summed E-state index contributed by atoms with van der Waals surface area (Å²) in [7, 11) is -10.0. The van der Waals surface area contributed by atoms with Gasteiger partial charge in [-0.1, -0.05) is 273 Å². The molecule has 3 N–H and O–H groups in total. The first-order valence-electron chi connectivity index (χ1n) is 38.7. The Labute approximate surface area is 627 Å². The summed E-state index contributed by atoms with van der Waals surface area (Å²) in [5.41, 5.74) is 0. The Morgan fingerprint density at radius 2 is 0.548 bits per heavy atom. The van der Waals surface area contributed by atoms with Crippen LogP contribution in [0.25, 0.3) is 0 Å². The third kappa shape index (κ3) is 74.2. The molecule has 5 unspecified atom stereocenters. The number of phosphoric acid groups is 2. The van der Waals surface area contributed by atoms with Crippen molar-refractivity contribution < 1.29 is 80.2 Å². The molecule has 0 aliphatic carbocycles. The summed E-state index contributed by atoms with van der Waals surface area (Å²) >= 11 is 0. The lowest BCUT2D eigenvalue weighted by Crippen LogP contribution is -2.30. The lowest BCUT2D eigenvalue weighted by Gasteiger charge is -2.21. The first-order chi connectivity index (χ1) is 50.7. The number of aliphatic hydroxyl groups excluding tert-OH is 1. The predicted molar refractivity (Wildman–Crippen MR) is 426 cm³/mol. The van der Waals surface area contributed by atoms with Crippen LogP contribution in [0.15, 0.2) is 194 Å². The zero-order valence-electron chi connectivity index (χ0n) is 63.9. The second-order valence-electron chi connectivity index (χ2n) is 24.8. The maximum atomic E-state index is 13.1. The van der Waals surface area contributed by atoms with Crippen LogP contribution in [0.1, 0.15) is 259 Å². The van der Waals surface area contributed by atoms with Gasteiger partial charge in [-0.2, -0.15) is 0 Å². The Kier molecular flexibility index (Phi) is 70.7. The summed E-state index contributed by atoms with van der Waals surface area (Å²) in [4.78, 5) is 72.9. The van der Waals surface area contributed by atoms with Crippen LogP contribution < -0.4 is 0 Å². The van der Waals surface area contributed by atoms with Gasteiger partial charge in [-0.3, -0.25) is 37.3 Å². The highest BCUT2D eigenvalue weighted by atomic mass is 31.2. The molecule has 0 heterocycles. The van der Waals surface area contributed by atoms with Crippen LogP contribution in [0.2, 0.25) is 0 Å². The fourth-order valence-electron chi connectivity index (χ4n) is 9.30. The van der Waals surface area contributed by atoms with E-state index in [4.69, 9.17) is 37.0 Å². The fourth-order valence-corrected chi connectivity index (χ4v) is 10.9. The van der Waals surface area contributed by atoms with Crippen molar-refractivity contribution in [1.29, 1.82) is 0 Å². The predicted octanol–water partition coefficient (Wildman–Crippen LogP) is 22.5. The van der Waals surface area contributed by atoms with E-state index in [1.54, 1.807) is 12.2 Å². The van der Waals surface area contributed by atoms with Gasteiger partial charge in [0.15, 0.2) is 12.2 Å². The van der Waals surface area contributed by atoms with E-state index in [2.05, 4.69) is 186 Å². The van der Waals surface area contributed by atoms with Gasteiger partial charge < -0.3 is 33.8 Å². The summed E-state index contributed by atoms with van der Waals surface area (Å²) in [5, 5.41) is 10.6. The maximum Gasteiger partial charge on any atom is 0.472 e. The number of hydrogen-bond donors (Lipinski definition) is 3. The minimum absolute atomic E-state index is 0.0561. The van der Waals surface area contributed by atoms with Gasteiger partial charge in [0.2, 0.25) is 0 Å². The minimum Gasteiger partial charge on any atom is -0.462 e. The molecule has 17 nitrogen and oxygen atoms in total. The van der Waals surface area contributed by atoms with E-state index in [1.165, 1.54) is 0 Å². The van der Waals surface area contributed by atoms with Gasteiger partial charge >= 0.3 is 39.5 Å². The van der Waals surface area contributed by atoms with Crippen LogP contribution in [0.4, 0.5) is 0 Å². The fraction of sp³-hybridized carbons (Fsp3) is 0.576. The molecule has 0 saturated heterocycles. The highest BCUT2D eigenvalue weighted by Crippen LogP contribution is 2.45. The number of allylic oxidation sites excluding steroid dienone is 31. The molecular formula is C85H134O17P2. The molecule has 586 valence electrons. The molecule has 0 radical (unpaired) electrons. The van der Waals surface area contributed by atoms with Crippen LogP contribution in [-0.2, 0) is 65.4 Å². The van der Waals surface area contributed by atoms with E-state index in [0.717, 1.165) is 173 Å². The molecule has 0 aliphatic heterocycles. The number of aliphatic hydroxyl groups is 1. The van der Waals surface area contributed by atoms with Crippen LogP contribution in [0.3, 0.4) is 0 Å². The molecule has 0 saturated carbocycles. The van der Waals surface area contributed by atoms with Crippen LogP contribution >= 0.6 is 15.6 Å². The average molecular weight is 1490 g/mol. The zero-order chi connectivity index (χ0) is 76.0. The molecule has 0 spiro atoms. The smallest absolute Gasteiger partial charge is 0.462 e. The molecule has 0 amide bonds. The molecule has 104 heavy (non-hydrogen) atoms. The van der Waals surface area contributed by atoms with Crippen molar-refractivity contribution in [3.63, 3.8) is 0 Å². The Morgan fingerprint density at radius 1 is 0.288 bits per heavy atom. The number of hydrogen-bond acceptors (Lipinski definition) is 15. The summed E-state index contributed by atoms with van der Waals surface area (Å²) in [5.74, 6) is -2.45. The molecule has 0 aromatic rings. The van der Waals surface area contributed by atoms with Gasteiger partial charge in [-0.25, -0.2) is 9.13 Å². The number of carbonyl (C=O) groups is 4. The van der Waals surface area contributed by atoms with Gasteiger partial charge in [0.05, 0.1) is 32.8 Å². The number of esters is 4. The van der Waals surface area contributed by atoms with E-state index in [1.807, 2.05) is 24.3 Å². The number of rotatable bonds is 70. The van der Waals surface area contributed by atoms with E-state index in [9.17, 15) is 43.2 Å². The van der Waals surface area contributed by atoms with E-state index >= 15 is 0 Å². The lowest BCUT2D eigenvalue weighted by molar-refractivity contribution is -0.161. The van der Waals surface area contributed by atoms with Crippen molar-refractivity contribution in [3.8, 4) is 0 Å². The van der Waals surface area contributed by atoms with Crippen molar-refractivity contribution in [2.24, 2.45) is 0 Å². The van der Waals surface area contributed by atoms with Gasteiger partial charge in [-0.15, -0.1) is 0 Å². The van der Waals surface area contributed by atoms with Crippen LogP contribution in [-0.4, -0.2) is 96.7 Å². The molecule has 0 aromatic heterocycles. The van der Waals surface area contributed by atoms with Crippen molar-refractivity contribution in [2.75, 3.05) is 39.6 Å². The second kappa shape index (κ2) is 75.1. The van der Waals surface area contributed by atoms with Crippen molar-refractivity contribution in [1.82, 2.24) is 0 Å². The van der Waals surface area contributed by atoms with Crippen LogP contribution in [0.5, 0.6) is 0 Å². The minimum atomic E-state index is -5.02. The normalized spacial score (nSPS) is 15.0. The quantitative estimate of drug-likeness (QED) is 0.0169. The monoisotopic (exact) mass is 1490 g/mol. The molecule has 0 rings (SSSR count). The van der Waals surface area contributed by atoms with Gasteiger partial charge in [0.25, 0.3) is 0 Å². The highest BCUT2D eigenvalue weighted by molar-refractivity contribution is 7.47. The van der Waals surface area contributed by atoms with Gasteiger partial charge in [0.1, 0.15) is 19.3 Å². The molecule has 19 heteroatoms. The van der Waals surface area contributed by atoms with Crippen LogP contribution in [0, 0.1) is 0 Å². The molecule has 0 bridgehead atoms. The summed E-state index contributed by atoms with van der Waals surface area (Å²) in [6.45, 7) is 4.21. The largest absolute Gasteiger partial charge is 0.472 e. The van der Waals surface area contributed by atoms with E-state index in [0.29, 0.717) is 32.1 Å². The van der Waals surface area contributed by atoms with Gasteiger partial charge in [-0.05, 0) is 154 Å². The summed E-state index contributed by atoms with van der Waals surface area (Å²) < 4.78 is 68.3. The third-order valence-corrected chi connectivity index (χ3v) is 17.0. The Balaban J connectivity index is 5.50. The molecule has 0 aromatic carbocycles. The van der Waals surface area contributed by atoms with Gasteiger partial charge in [0, 0.05) is 19.3 Å². The Bertz CT molecular complexity index is 2740.